The van der Waals surface area contributed by atoms with Gasteiger partial charge in [-0.25, -0.2) is 9.79 Å². The van der Waals surface area contributed by atoms with Crippen LogP contribution in [0.1, 0.15) is 24.9 Å². The summed E-state index contributed by atoms with van der Waals surface area (Å²) >= 11 is 1.46. The van der Waals surface area contributed by atoms with Crippen molar-refractivity contribution < 1.29 is 23.8 Å². The predicted molar refractivity (Wildman–Crippen MR) is 117 cm³/mol. The second kappa shape index (κ2) is 9.15. The van der Waals surface area contributed by atoms with Gasteiger partial charge in [0, 0.05) is 18.8 Å². The lowest BCUT2D eigenvalue weighted by atomic mass is 9.93. The molecule has 9 heteroatoms. The summed E-state index contributed by atoms with van der Waals surface area (Å²) in [5.74, 6) is 0.278. The third-order valence-corrected chi connectivity index (χ3v) is 6.40. The number of nitrogens with zero attached hydrogens (tertiary/aromatic N) is 3. The fourth-order valence-corrected chi connectivity index (χ4v) is 4.91. The standard InChI is InChI=1S/C22H25N3O5S/c1-14-19(21(27)29-3)20(15-5-4-6-17(11-15)28-2)25-16(13-31-22(25)23-14)12-18(26)24-7-9-30-10-8-24/h4-6,11,13,20H,7-10,12H2,1-3H3. The number of morpholine rings is 1. The van der Waals surface area contributed by atoms with Crippen LogP contribution in [0.4, 0.5) is 0 Å². The first kappa shape index (κ1) is 21.5. The molecule has 0 radical (unpaired) electrons. The lowest BCUT2D eigenvalue weighted by Gasteiger charge is -2.37. The summed E-state index contributed by atoms with van der Waals surface area (Å²) in [5.41, 5.74) is 2.72. The molecule has 164 valence electrons. The van der Waals surface area contributed by atoms with E-state index >= 15 is 0 Å². The van der Waals surface area contributed by atoms with Gasteiger partial charge in [-0.1, -0.05) is 23.9 Å². The molecule has 0 saturated carbocycles. The third-order valence-electron chi connectivity index (χ3n) is 5.51. The Balaban J connectivity index is 1.70. The van der Waals surface area contributed by atoms with Crippen molar-refractivity contribution in [3.05, 3.63) is 52.2 Å². The molecule has 1 aromatic rings. The van der Waals surface area contributed by atoms with Gasteiger partial charge in [-0.15, -0.1) is 0 Å². The summed E-state index contributed by atoms with van der Waals surface area (Å²) in [7, 11) is 2.97. The molecule has 1 atom stereocenters. The van der Waals surface area contributed by atoms with Gasteiger partial charge in [-0.3, -0.25) is 4.79 Å². The van der Waals surface area contributed by atoms with Crippen molar-refractivity contribution in [2.45, 2.75) is 19.4 Å². The highest BCUT2D eigenvalue weighted by atomic mass is 32.2. The van der Waals surface area contributed by atoms with Crippen molar-refractivity contribution in [2.24, 2.45) is 4.99 Å². The number of fused-ring (bicyclic) bond motifs is 1. The molecule has 0 bridgehead atoms. The van der Waals surface area contributed by atoms with Gasteiger partial charge in [-0.05, 0) is 30.0 Å². The molecule has 1 fully saturated rings. The van der Waals surface area contributed by atoms with Crippen LogP contribution in [0, 0.1) is 0 Å². The molecule has 0 aliphatic carbocycles. The summed E-state index contributed by atoms with van der Waals surface area (Å²) in [6.45, 7) is 4.09. The number of hydrogen-bond acceptors (Lipinski definition) is 8. The zero-order chi connectivity index (χ0) is 22.0. The number of rotatable bonds is 5. The molecule has 3 aliphatic rings. The van der Waals surface area contributed by atoms with Crippen LogP contribution in [0.15, 0.2) is 51.6 Å². The Morgan fingerprint density at radius 2 is 2.03 bits per heavy atom. The number of benzene rings is 1. The van der Waals surface area contributed by atoms with Gasteiger partial charge in [0.25, 0.3) is 0 Å². The number of thioether (sulfide) groups is 1. The Morgan fingerprint density at radius 1 is 1.26 bits per heavy atom. The molecule has 3 heterocycles. The average Bonchev–Trinajstić information content (AvgIpc) is 3.20. The maximum Gasteiger partial charge on any atom is 0.338 e. The van der Waals surface area contributed by atoms with E-state index in [9.17, 15) is 9.59 Å². The fourth-order valence-electron chi connectivity index (χ4n) is 3.95. The first-order valence-electron chi connectivity index (χ1n) is 10.1. The Labute approximate surface area is 185 Å². The van der Waals surface area contributed by atoms with Gasteiger partial charge in [0.15, 0.2) is 5.17 Å². The molecule has 3 aliphatic heterocycles. The summed E-state index contributed by atoms with van der Waals surface area (Å²) in [6, 6.07) is 7.11. The van der Waals surface area contributed by atoms with Crippen LogP contribution < -0.4 is 4.74 Å². The van der Waals surface area contributed by atoms with Crippen molar-refractivity contribution in [3.63, 3.8) is 0 Å². The number of aliphatic imine (C=N–C) groups is 1. The Hall–Kier alpha value is -2.78. The summed E-state index contributed by atoms with van der Waals surface area (Å²) in [5, 5.41) is 2.68. The number of amidine groups is 1. The van der Waals surface area contributed by atoms with E-state index in [1.54, 1.807) is 14.0 Å². The topological polar surface area (TPSA) is 80.7 Å². The van der Waals surface area contributed by atoms with Gasteiger partial charge in [-0.2, -0.15) is 0 Å². The van der Waals surface area contributed by atoms with E-state index in [1.807, 2.05) is 39.5 Å². The quantitative estimate of drug-likeness (QED) is 0.647. The number of esters is 1. The van der Waals surface area contributed by atoms with Crippen LogP contribution in [-0.4, -0.2) is 67.4 Å². The lowest BCUT2D eigenvalue weighted by molar-refractivity contribution is -0.136. The van der Waals surface area contributed by atoms with Gasteiger partial charge in [0.05, 0.1) is 51.2 Å². The number of ether oxygens (including phenoxy) is 3. The molecule has 0 spiro atoms. The van der Waals surface area contributed by atoms with E-state index in [-0.39, 0.29) is 12.3 Å². The summed E-state index contributed by atoms with van der Waals surface area (Å²) < 4.78 is 15.8. The van der Waals surface area contributed by atoms with E-state index in [2.05, 4.69) is 4.99 Å². The number of allylic oxidation sites excluding steroid dienone is 1. The van der Waals surface area contributed by atoms with E-state index < -0.39 is 12.0 Å². The first-order valence-corrected chi connectivity index (χ1v) is 10.9. The summed E-state index contributed by atoms with van der Waals surface area (Å²) in [6.07, 6.45) is 0.222. The molecule has 1 aromatic carbocycles. The fraction of sp³-hybridized carbons (Fsp3) is 0.409. The molecule has 0 N–H and O–H groups in total. The zero-order valence-corrected chi connectivity index (χ0v) is 18.6. The van der Waals surface area contributed by atoms with E-state index in [0.29, 0.717) is 43.3 Å². The van der Waals surface area contributed by atoms with E-state index in [0.717, 1.165) is 16.4 Å². The first-order chi connectivity index (χ1) is 15.0. The van der Waals surface area contributed by atoms with Gasteiger partial charge >= 0.3 is 5.97 Å². The number of carbonyl (C=O) groups excluding carboxylic acids is 2. The molecule has 1 saturated heterocycles. The van der Waals surface area contributed by atoms with Crippen LogP contribution in [-0.2, 0) is 19.1 Å². The normalized spacial score (nSPS) is 20.8. The minimum atomic E-state index is -0.464. The smallest absolute Gasteiger partial charge is 0.338 e. The Morgan fingerprint density at radius 3 is 2.74 bits per heavy atom. The Bertz CT molecular complexity index is 981. The maximum atomic E-state index is 12.9. The summed E-state index contributed by atoms with van der Waals surface area (Å²) in [4.78, 5) is 34.1. The largest absolute Gasteiger partial charge is 0.497 e. The van der Waals surface area contributed by atoms with Crippen LogP contribution in [0.2, 0.25) is 0 Å². The van der Waals surface area contributed by atoms with Crippen LogP contribution in [0.25, 0.3) is 0 Å². The minimum absolute atomic E-state index is 0.0340. The Kier molecular flexibility index (Phi) is 6.33. The number of amides is 1. The molecular weight excluding hydrogens is 418 g/mol. The minimum Gasteiger partial charge on any atom is -0.497 e. The number of carbonyl (C=O) groups is 2. The molecule has 31 heavy (non-hydrogen) atoms. The van der Waals surface area contributed by atoms with E-state index in [4.69, 9.17) is 14.2 Å². The van der Waals surface area contributed by atoms with Crippen LogP contribution in [0.3, 0.4) is 0 Å². The maximum absolute atomic E-state index is 12.9. The molecule has 0 aromatic heterocycles. The molecule has 1 unspecified atom stereocenters. The van der Waals surface area contributed by atoms with Crippen molar-refractivity contribution in [3.8, 4) is 5.75 Å². The SMILES string of the molecule is COC(=O)C1=C(C)N=C2SC=C(CC(=O)N3CCOCC3)N2C1c1cccc(OC)c1. The van der Waals surface area contributed by atoms with Crippen LogP contribution in [0.5, 0.6) is 5.75 Å². The molecule has 1 amide bonds. The average molecular weight is 444 g/mol. The van der Waals surface area contributed by atoms with Gasteiger partial charge < -0.3 is 24.0 Å². The monoisotopic (exact) mass is 443 g/mol. The second-order valence-corrected chi connectivity index (χ2v) is 8.17. The third kappa shape index (κ3) is 4.20. The lowest BCUT2D eigenvalue weighted by Crippen LogP contribution is -2.42. The molecule has 8 nitrogen and oxygen atoms in total. The van der Waals surface area contributed by atoms with Crippen molar-refractivity contribution in [1.29, 1.82) is 0 Å². The van der Waals surface area contributed by atoms with Crippen LogP contribution >= 0.6 is 11.8 Å². The van der Waals surface area contributed by atoms with Crippen molar-refractivity contribution >= 4 is 28.8 Å². The van der Waals surface area contributed by atoms with Gasteiger partial charge in [0.1, 0.15) is 5.75 Å². The number of methoxy groups -OCH3 is 2. The highest BCUT2D eigenvalue weighted by Gasteiger charge is 2.41. The predicted octanol–water partition coefficient (Wildman–Crippen LogP) is 2.69. The molecular formula is C22H25N3O5S. The highest BCUT2D eigenvalue weighted by Crippen LogP contribution is 2.45. The second-order valence-electron chi connectivity index (χ2n) is 7.33. The van der Waals surface area contributed by atoms with Gasteiger partial charge in [0.2, 0.25) is 5.91 Å². The highest BCUT2D eigenvalue weighted by molar-refractivity contribution is 8.16. The zero-order valence-electron chi connectivity index (χ0n) is 17.8. The van der Waals surface area contributed by atoms with Crippen molar-refractivity contribution in [2.75, 3.05) is 40.5 Å². The number of hydrogen-bond donors (Lipinski definition) is 0. The molecule has 4 rings (SSSR count). The van der Waals surface area contributed by atoms with Crippen molar-refractivity contribution in [1.82, 2.24) is 9.80 Å². The van der Waals surface area contributed by atoms with E-state index in [1.165, 1.54) is 18.9 Å².